The number of carbonyl (C=O) groups is 1. The maximum Gasteiger partial charge on any atom is 0.305 e. The molecule has 0 aromatic carbocycles. The van der Waals surface area contributed by atoms with Gasteiger partial charge in [0, 0.05) is 19.5 Å². The summed E-state index contributed by atoms with van der Waals surface area (Å²) in [5, 5.41) is 3.55. The molecule has 6 nitrogen and oxygen atoms in total. The molecule has 6 heteroatoms. The van der Waals surface area contributed by atoms with Gasteiger partial charge < -0.3 is 19.9 Å². The van der Waals surface area contributed by atoms with Crippen LogP contribution in [0.2, 0.25) is 0 Å². The Morgan fingerprint density at radius 2 is 1.06 bits per heavy atom. The fourth-order valence-electron chi connectivity index (χ4n) is 6.82. The van der Waals surface area contributed by atoms with Crippen molar-refractivity contribution in [3.63, 3.8) is 0 Å². The predicted molar refractivity (Wildman–Crippen MR) is 226 cm³/mol. The molecule has 2 aliphatic heterocycles. The minimum Gasteiger partial charge on any atom is -0.466 e. The van der Waals surface area contributed by atoms with Gasteiger partial charge in [0.15, 0.2) is 0 Å². The first-order chi connectivity index (χ1) is 25.1. The smallest absolute Gasteiger partial charge is 0.305 e. The Hall–Kier alpha value is -1.14. The summed E-state index contributed by atoms with van der Waals surface area (Å²) in [5.74, 6) is -0.0255. The molecule has 0 aliphatic carbocycles. The van der Waals surface area contributed by atoms with Gasteiger partial charge in [-0.2, -0.15) is 0 Å². The van der Waals surface area contributed by atoms with Gasteiger partial charge in [-0.3, -0.25) is 9.79 Å². The van der Waals surface area contributed by atoms with Crippen molar-refractivity contribution in [1.29, 1.82) is 0 Å². The number of nitrogens with zero attached hydrogens (tertiary/aromatic N) is 3. The molecule has 0 amide bonds. The van der Waals surface area contributed by atoms with Crippen LogP contribution in [0.25, 0.3) is 0 Å². The number of hydrogen-bond acceptors (Lipinski definition) is 6. The molecule has 0 bridgehead atoms. The molecule has 304 valence electrons. The molecule has 51 heavy (non-hydrogen) atoms. The van der Waals surface area contributed by atoms with Crippen LogP contribution < -0.4 is 5.32 Å². The first kappa shape index (κ1) is 49.9. The maximum atomic E-state index is 10.5. The molecule has 0 spiro atoms. The largest absolute Gasteiger partial charge is 0.466 e. The highest BCUT2D eigenvalue weighted by Crippen LogP contribution is 2.14. The number of hydrogen-bond donors (Lipinski definition) is 1. The molecule has 1 fully saturated rings. The molecule has 0 aromatic rings. The van der Waals surface area contributed by atoms with Crippen molar-refractivity contribution in [3.8, 4) is 0 Å². The number of nitrogens with one attached hydrogen (secondary N) is 1. The van der Waals surface area contributed by atoms with Crippen LogP contribution in [-0.2, 0) is 9.53 Å². The Morgan fingerprint density at radius 1 is 0.608 bits per heavy atom. The molecular weight excluding hydrogens is 629 g/mol. The van der Waals surface area contributed by atoms with Crippen molar-refractivity contribution in [1.82, 2.24) is 15.1 Å². The number of aliphatic imine (C=N–C) groups is 1. The van der Waals surface area contributed by atoms with Crippen LogP contribution in [0.4, 0.5) is 0 Å². The highest BCUT2D eigenvalue weighted by Gasteiger charge is 2.06. The lowest BCUT2D eigenvalue weighted by atomic mass is 10.0. The van der Waals surface area contributed by atoms with Crippen LogP contribution >= 0.6 is 0 Å². The molecule has 1 saturated heterocycles. The van der Waals surface area contributed by atoms with E-state index in [-0.39, 0.29) is 5.97 Å². The number of esters is 1. The SMILES string of the molecule is CCCCCCCCCCCCCCCCCN1C=NCC1.CCCCCCCCCCCCCCNCCCN(C)C.O=C1CCCCCO1. The van der Waals surface area contributed by atoms with Crippen molar-refractivity contribution < 1.29 is 9.53 Å². The van der Waals surface area contributed by atoms with Gasteiger partial charge in [-0.05, 0) is 72.3 Å². The van der Waals surface area contributed by atoms with Gasteiger partial charge in [0.2, 0.25) is 0 Å². The third-order valence-corrected chi connectivity index (χ3v) is 10.3. The van der Waals surface area contributed by atoms with Crippen molar-refractivity contribution in [2.75, 3.05) is 60.0 Å². The zero-order valence-corrected chi connectivity index (χ0v) is 35.3. The maximum absolute atomic E-state index is 10.5. The molecule has 0 atom stereocenters. The number of cyclic esters (lactones) is 1. The minimum absolute atomic E-state index is 0.0255. The van der Waals surface area contributed by atoms with Crippen molar-refractivity contribution >= 4 is 12.3 Å². The quantitative estimate of drug-likeness (QED) is 0.0540. The van der Waals surface area contributed by atoms with Crippen molar-refractivity contribution in [3.05, 3.63) is 0 Å². The fourth-order valence-corrected chi connectivity index (χ4v) is 6.82. The number of rotatable bonds is 33. The highest BCUT2D eigenvalue weighted by atomic mass is 16.5. The summed E-state index contributed by atoms with van der Waals surface area (Å²) in [4.78, 5) is 19.3. The lowest BCUT2D eigenvalue weighted by Crippen LogP contribution is -2.22. The first-order valence-corrected chi connectivity index (χ1v) is 22.8. The van der Waals surface area contributed by atoms with E-state index < -0.39 is 0 Å². The monoisotopic (exact) mass is 721 g/mol. The first-order valence-electron chi connectivity index (χ1n) is 22.8. The van der Waals surface area contributed by atoms with Gasteiger partial charge in [0.25, 0.3) is 0 Å². The Labute approximate surface area is 320 Å². The molecule has 2 heterocycles. The third-order valence-electron chi connectivity index (χ3n) is 10.3. The van der Waals surface area contributed by atoms with Crippen LogP contribution in [0.15, 0.2) is 4.99 Å². The lowest BCUT2D eigenvalue weighted by Gasteiger charge is -2.12. The predicted octanol–water partition coefficient (Wildman–Crippen LogP) is 12.5. The Morgan fingerprint density at radius 3 is 1.51 bits per heavy atom. The van der Waals surface area contributed by atoms with E-state index in [2.05, 4.69) is 48.1 Å². The van der Waals surface area contributed by atoms with E-state index in [0.29, 0.717) is 13.0 Å². The van der Waals surface area contributed by atoms with Gasteiger partial charge in [0.1, 0.15) is 0 Å². The van der Waals surface area contributed by atoms with Gasteiger partial charge in [-0.25, -0.2) is 0 Å². The van der Waals surface area contributed by atoms with Crippen LogP contribution in [0.3, 0.4) is 0 Å². The second-order valence-electron chi connectivity index (χ2n) is 15.8. The molecule has 0 radical (unpaired) electrons. The highest BCUT2D eigenvalue weighted by molar-refractivity contribution is 5.69. The summed E-state index contributed by atoms with van der Waals surface area (Å²) in [6, 6.07) is 0. The topological polar surface area (TPSA) is 57.2 Å². The molecule has 1 N–H and O–H groups in total. The van der Waals surface area contributed by atoms with Crippen molar-refractivity contribution in [2.45, 2.75) is 219 Å². The Bertz CT molecular complexity index is 692. The van der Waals surface area contributed by atoms with E-state index >= 15 is 0 Å². The third kappa shape index (κ3) is 43.2. The summed E-state index contributed by atoms with van der Waals surface area (Å²) in [5.41, 5.74) is 0. The second kappa shape index (κ2) is 43.3. The average Bonchev–Trinajstić information content (AvgIpc) is 3.54. The second-order valence-corrected chi connectivity index (χ2v) is 15.8. The summed E-state index contributed by atoms with van der Waals surface area (Å²) >= 11 is 0. The summed E-state index contributed by atoms with van der Waals surface area (Å²) in [6.07, 6.45) is 46.1. The van der Waals surface area contributed by atoms with E-state index in [1.165, 1.54) is 206 Å². The lowest BCUT2D eigenvalue weighted by molar-refractivity contribution is -0.142. The van der Waals surface area contributed by atoms with E-state index in [0.717, 1.165) is 32.4 Å². The number of unbranched alkanes of at least 4 members (excludes halogenated alkanes) is 25. The normalized spacial score (nSPS) is 14.2. The summed E-state index contributed by atoms with van der Waals surface area (Å²) in [7, 11) is 4.29. The van der Waals surface area contributed by atoms with E-state index in [1.807, 2.05) is 6.34 Å². The summed E-state index contributed by atoms with van der Waals surface area (Å²) < 4.78 is 4.76. The number of ether oxygens (including phenoxy) is 1. The molecule has 0 unspecified atom stereocenters. The van der Waals surface area contributed by atoms with Crippen LogP contribution in [-0.4, -0.2) is 82.1 Å². The zero-order valence-electron chi connectivity index (χ0n) is 35.3. The Balaban J connectivity index is 0.000000806. The van der Waals surface area contributed by atoms with Crippen molar-refractivity contribution in [2.24, 2.45) is 4.99 Å². The molecule has 0 aromatic heterocycles. The minimum atomic E-state index is -0.0255. The fraction of sp³-hybridized carbons (Fsp3) is 0.956. The van der Waals surface area contributed by atoms with Gasteiger partial charge >= 0.3 is 5.97 Å². The van der Waals surface area contributed by atoms with Gasteiger partial charge in [-0.1, -0.05) is 174 Å². The zero-order chi connectivity index (χ0) is 37.1. The summed E-state index contributed by atoms with van der Waals surface area (Å²) in [6.45, 7) is 12.2. The van der Waals surface area contributed by atoms with Crippen LogP contribution in [0.1, 0.15) is 219 Å². The molecule has 2 rings (SSSR count). The van der Waals surface area contributed by atoms with Crippen LogP contribution in [0, 0.1) is 0 Å². The van der Waals surface area contributed by atoms with Crippen LogP contribution in [0.5, 0.6) is 0 Å². The molecular formula is C45H92N4O2. The van der Waals surface area contributed by atoms with E-state index in [1.54, 1.807) is 0 Å². The van der Waals surface area contributed by atoms with Gasteiger partial charge in [0.05, 0.1) is 19.5 Å². The van der Waals surface area contributed by atoms with Gasteiger partial charge in [-0.15, -0.1) is 0 Å². The van der Waals surface area contributed by atoms with E-state index in [9.17, 15) is 4.79 Å². The molecule has 2 aliphatic rings. The number of carbonyl (C=O) groups excluding carboxylic acids is 1. The molecule has 0 saturated carbocycles. The standard InChI is InChI=1S/C20H40N2.C19H42N2.C6H10O2/c1-2-3-4-5-6-7-8-9-10-11-12-13-14-15-16-18-22-19-17-21-20-22;1-4-5-6-7-8-9-10-11-12-13-14-15-17-20-18-16-19-21(2)3;7-6-4-2-1-3-5-8-6/h20H,2-19H2,1H3;20H,4-19H2,1-3H3;1-5H2. The Kier molecular flexibility index (Phi) is 42.3. The van der Waals surface area contributed by atoms with E-state index in [4.69, 9.17) is 4.74 Å². The average molecular weight is 721 g/mol.